The topological polar surface area (TPSA) is 80.7 Å². The lowest BCUT2D eigenvalue weighted by atomic mass is 10.1. The number of amidine groups is 1. The van der Waals surface area contributed by atoms with Crippen molar-refractivity contribution in [2.75, 3.05) is 0 Å². The van der Waals surface area contributed by atoms with Gasteiger partial charge >= 0.3 is 0 Å². The van der Waals surface area contributed by atoms with E-state index in [2.05, 4.69) is 10.1 Å². The first-order chi connectivity index (χ1) is 9.60. The zero-order valence-corrected chi connectivity index (χ0v) is 10.9. The number of halogens is 1. The van der Waals surface area contributed by atoms with Crippen LogP contribution in [0.4, 0.5) is 4.39 Å². The van der Waals surface area contributed by atoms with Gasteiger partial charge in [-0.3, -0.25) is 4.98 Å². The van der Waals surface area contributed by atoms with Gasteiger partial charge in [-0.25, -0.2) is 4.39 Å². The van der Waals surface area contributed by atoms with Crippen molar-refractivity contribution in [1.29, 1.82) is 0 Å². The van der Waals surface area contributed by atoms with E-state index in [1.54, 1.807) is 18.2 Å². The number of aryl methyl sites for hydroxylation is 1. The lowest BCUT2D eigenvalue weighted by Gasteiger charge is -2.10. The smallest absolute Gasteiger partial charge is 0.170 e. The van der Waals surface area contributed by atoms with Gasteiger partial charge in [0.1, 0.15) is 18.2 Å². The Morgan fingerprint density at radius 1 is 1.40 bits per heavy atom. The molecule has 2 aromatic rings. The lowest BCUT2D eigenvalue weighted by Crippen LogP contribution is -2.13. The van der Waals surface area contributed by atoms with Gasteiger partial charge < -0.3 is 15.7 Å². The van der Waals surface area contributed by atoms with E-state index in [-0.39, 0.29) is 12.4 Å². The molecule has 3 N–H and O–H groups in total. The molecule has 0 amide bonds. The van der Waals surface area contributed by atoms with Gasteiger partial charge in [0.2, 0.25) is 0 Å². The molecule has 0 unspecified atom stereocenters. The Morgan fingerprint density at radius 3 is 2.90 bits per heavy atom. The third-order valence-corrected chi connectivity index (χ3v) is 2.75. The van der Waals surface area contributed by atoms with Crippen molar-refractivity contribution in [3.05, 3.63) is 59.2 Å². The van der Waals surface area contributed by atoms with E-state index in [1.807, 2.05) is 6.92 Å². The first-order valence-electron chi connectivity index (χ1n) is 5.91. The highest BCUT2D eigenvalue weighted by Gasteiger charge is 2.06. The second-order valence-corrected chi connectivity index (χ2v) is 4.27. The van der Waals surface area contributed by atoms with Crippen LogP contribution in [0.25, 0.3) is 0 Å². The van der Waals surface area contributed by atoms with Gasteiger partial charge in [-0.1, -0.05) is 17.3 Å². The number of oxime groups is 1. The van der Waals surface area contributed by atoms with Crippen LogP contribution in [0, 0.1) is 12.7 Å². The Kier molecular flexibility index (Phi) is 4.14. The van der Waals surface area contributed by atoms with Gasteiger partial charge in [-0.15, -0.1) is 0 Å². The number of hydrogen-bond donors (Lipinski definition) is 2. The predicted octanol–water partition coefficient (Wildman–Crippen LogP) is 2.20. The first kappa shape index (κ1) is 13.8. The van der Waals surface area contributed by atoms with Crippen molar-refractivity contribution < 1.29 is 14.3 Å². The number of nitrogens with two attached hydrogens (primary N) is 1. The van der Waals surface area contributed by atoms with Crippen molar-refractivity contribution in [2.45, 2.75) is 13.5 Å². The van der Waals surface area contributed by atoms with Crippen LogP contribution >= 0.6 is 0 Å². The standard InChI is InChI=1S/C14H14FN3O2/c1-9-2-3-11(14(16)18-19)5-13(9)20-8-10-4-12(15)7-17-6-10/h2-7,19H,8H2,1H3,(H2,16,18). The Balaban J connectivity index is 2.16. The van der Waals surface area contributed by atoms with Gasteiger partial charge in [0.25, 0.3) is 0 Å². The number of benzene rings is 1. The van der Waals surface area contributed by atoms with E-state index in [9.17, 15) is 4.39 Å². The number of pyridine rings is 1. The maximum Gasteiger partial charge on any atom is 0.170 e. The monoisotopic (exact) mass is 275 g/mol. The maximum absolute atomic E-state index is 13.0. The summed E-state index contributed by atoms with van der Waals surface area (Å²) in [5.74, 6) is 0.175. The van der Waals surface area contributed by atoms with Gasteiger partial charge in [0.05, 0.1) is 6.20 Å². The average molecular weight is 275 g/mol. The van der Waals surface area contributed by atoms with E-state index in [0.717, 1.165) is 11.8 Å². The lowest BCUT2D eigenvalue weighted by molar-refractivity contribution is 0.302. The summed E-state index contributed by atoms with van der Waals surface area (Å²) in [7, 11) is 0. The summed E-state index contributed by atoms with van der Waals surface area (Å²) in [6, 6.07) is 6.54. The average Bonchev–Trinajstić information content (AvgIpc) is 2.45. The molecule has 0 aliphatic carbocycles. The molecule has 6 heteroatoms. The van der Waals surface area contributed by atoms with Crippen molar-refractivity contribution in [2.24, 2.45) is 10.9 Å². The second-order valence-electron chi connectivity index (χ2n) is 4.27. The molecule has 5 nitrogen and oxygen atoms in total. The fraction of sp³-hybridized carbons (Fsp3) is 0.143. The molecule has 0 bridgehead atoms. The zero-order chi connectivity index (χ0) is 14.5. The predicted molar refractivity (Wildman–Crippen MR) is 72.2 cm³/mol. The molecule has 104 valence electrons. The molecule has 0 saturated carbocycles. The Hall–Kier alpha value is -2.63. The Morgan fingerprint density at radius 2 is 2.20 bits per heavy atom. The summed E-state index contributed by atoms with van der Waals surface area (Å²) in [6.45, 7) is 2.06. The third kappa shape index (κ3) is 3.23. The van der Waals surface area contributed by atoms with Crippen LogP contribution < -0.4 is 10.5 Å². The zero-order valence-electron chi connectivity index (χ0n) is 10.9. The molecule has 0 aliphatic rings. The highest BCUT2D eigenvalue weighted by atomic mass is 19.1. The molecule has 0 fully saturated rings. The van der Waals surface area contributed by atoms with E-state index in [1.165, 1.54) is 12.3 Å². The molecule has 1 heterocycles. The van der Waals surface area contributed by atoms with Crippen LogP contribution in [0.15, 0.2) is 41.8 Å². The molecule has 0 saturated heterocycles. The fourth-order valence-corrected chi connectivity index (χ4v) is 1.67. The second kappa shape index (κ2) is 6.01. The minimum Gasteiger partial charge on any atom is -0.489 e. The van der Waals surface area contributed by atoms with Crippen molar-refractivity contribution >= 4 is 5.84 Å². The number of aromatic nitrogens is 1. The summed E-state index contributed by atoms with van der Waals surface area (Å²) in [6.07, 6.45) is 2.67. The van der Waals surface area contributed by atoms with Crippen LogP contribution in [0.2, 0.25) is 0 Å². The van der Waals surface area contributed by atoms with Crippen molar-refractivity contribution in [3.8, 4) is 5.75 Å². The highest BCUT2D eigenvalue weighted by molar-refractivity contribution is 5.97. The van der Waals surface area contributed by atoms with Gasteiger partial charge in [-0.05, 0) is 24.6 Å². The third-order valence-electron chi connectivity index (χ3n) is 2.75. The first-order valence-corrected chi connectivity index (χ1v) is 5.91. The van der Waals surface area contributed by atoms with Crippen LogP contribution in [0.5, 0.6) is 5.75 Å². The van der Waals surface area contributed by atoms with E-state index in [4.69, 9.17) is 15.7 Å². The summed E-state index contributed by atoms with van der Waals surface area (Å²) in [5.41, 5.74) is 7.59. The number of nitrogens with zero attached hydrogens (tertiary/aromatic N) is 2. The molecule has 2 rings (SSSR count). The number of ether oxygens (including phenoxy) is 1. The number of hydrogen-bond acceptors (Lipinski definition) is 4. The summed E-state index contributed by atoms with van der Waals surface area (Å²) in [4.78, 5) is 3.75. The van der Waals surface area contributed by atoms with Crippen molar-refractivity contribution in [1.82, 2.24) is 4.98 Å². The highest BCUT2D eigenvalue weighted by Crippen LogP contribution is 2.20. The van der Waals surface area contributed by atoms with Gasteiger partial charge in [0, 0.05) is 17.3 Å². The molecule has 0 radical (unpaired) electrons. The molecule has 1 aromatic carbocycles. The molecule has 0 atom stereocenters. The quantitative estimate of drug-likeness (QED) is 0.388. The maximum atomic E-state index is 13.0. The number of rotatable bonds is 4. The normalized spacial score (nSPS) is 11.4. The molecular formula is C14H14FN3O2. The Labute approximate surface area is 115 Å². The van der Waals surface area contributed by atoms with E-state index < -0.39 is 5.82 Å². The molecule has 0 aliphatic heterocycles. The van der Waals surface area contributed by atoms with Crippen LogP contribution in [-0.4, -0.2) is 16.0 Å². The molecule has 0 spiro atoms. The Bertz CT molecular complexity index is 644. The molecule has 1 aromatic heterocycles. The van der Waals surface area contributed by atoms with E-state index >= 15 is 0 Å². The minimum atomic E-state index is -0.409. The summed E-state index contributed by atoms with van der Waals surface area (Å²) in [5, 5.41) is 11.6. The summed E-state index contributed by atoms with van der Waals surface area (Å²) < 4.78 is 18.6. The van der Waals surface area contributed by atoms with Gasteiger partial charge in [0.15, 0.2) is 5.84 Å². The van der Waals surface area contributed by atoms with Gasteiger partial charge in [-0.2, -0.15) is 0 Å². The molecule has 20 heavy (non-hydrogen) atoms. The minimum absolute atomic E-state index is 0.00210. The van der Waals surface area contributed by atoms with Crippen LogP contribution in [-0.2, 0) is 6.61 Å². The van der Waals surface area contributed by atoms with Crippen LogP contribution in [0.1, 0.15) is 16.7 Å². The SMILES string of the molecule is Cc1ccc(/C(N)=N/O)cc1OCc1cncc(F)c1. The largest absolute Gasteiger partial charge is 0.489 e. The summed E-state index contributed by atoms with van der Waals surface area (Å²) >= 11 is 0. The van der Waals surface area contributed by atoms with E-state index in [0.29, 0.717) is 16.9 Å². The molecular weight excluding hydrogens is 261 g/mol. The van der Waals surface area contributed by atoms with Crippen molar-refractivity contribution in [3.63, 3.8) is 0 Å². The van der Waals surface area contributed by atoms with Crippen LogP contribution in [0.3, 0.4) is 0 Å². The fourth-order valence-electron chi connectivity index (χ4n) is 1.67.